The lowest BCUT2D eigenvalue weighted by Gasteiger charge is -2.29. The van der Waals surface area contributed by atoms with Crippen molar-refractivity contribution in [1.82, 2.24) is 4.90 Å². The van der Waals surface area contributed by atoms with Crippen LogP contribution in [0.25, 0.3) is 0 Å². The average Bonchev–Trinajstić information content (AvgIpc) is 3.01. The second-order valence-electron chi connectivity index (χ2n) is 5.96. The predicted molar refractivity (Wildman–Crippen MR) is 96.3 cm³/mol. The zero-order chi connectivity index (χ0) is 18.8. The van der Waals surface area contributed by atoms with Crippen LogP contribution < -0.4 is 9.64 Å². The number of carboxylic acid groups (broad SMARTS) is 2. The van der Waals surface area contributed by atoms with Crippen molar-refractivity contribution in [1.29, 1.82) is 0 Å². The second-order valence-corrected chi connectivity index (χ2v) is 5.96. The second kappa shape index (κ2) is 10.4. The smallest absolute Gasteiger partial charge is 0.328 e. The van der Waals surface area contributed by atoms with Crippen molar-refractivity contribution >= 4 is 17.6 Å². The maximum absolute atomic E-state index is 9.55. The minimum absolute atomic E-state index is 0.558. The Morgan fingerprint density at radius 2 is 1.92 bits per heavy atom. The van der Waals surface area contributed by atoms with Gasteiger partial charge in [-0.2, -0.15) is 0 Å². The van der Waals surface area contributed by atoms with E-state index < -0.39 is 11.9 Å². The van der Waals surface area contributed by atoms with E-state index in [1.807, 2.05) is 6.07 Å². The van der Waals surface area contributed by atoms with E-state index in [0.717, 1.165) is 18.8 Å². The molecule has 1 unspecified atom stereocenters. The lowest BCUT2D eigenvalue weighted by Crippen LogP contribution is -2.37. The van der Waals surface area contributed by atoms with Gasteiger partial charge in [-0.05, 0) is 39.1 Å². The van der Waals surface area contributed by atoms with Crippen LogP contribution in [0.1, 0.15) is 12.8 Å². The molecule has 1 aliphatic rings. The van der Waals surface area contributed by atoms with Crippen molar-refractivity contribution in [3.8, 4) is 5.75 Å². The van der Waals surface area contributed by atoms with E-state index in [4.69, 9.17) is 14.9 Å². The molecule has 1 aliphatic heterocycles. The van der Waals surface area contributed by atoms with Crippen molar-refractivity contribution in [3.05, 3.63) is 36.4 Å². The molecule has 2 rings (SSSR count). The van der Waals surface area contributed by atoms with Crippen LogP contribution in [-0.4, -0.2) is 67.4 Å². The van der Waals surface area contributed by atoms with Gasteiger partial charge in [-0.25, -0.2) is 9.59 Å². The highest BCUT2D eigenvalue weighted by Crippen LogP contribution is 2.28. The third kappa shape index (κ3) is 7.71. The highest BCUT2D eigenvalue weighted by atomic mass is 16.5. The summed E-state index contributed by atoms with van der Waals surface area (Å²) in [4.78, 5) is 23.9. The van der Waals surface area contributed by atoms with Crippen molar-refractivity contribution in [3.63, 3.8) is 0 Å². The van der Waals surface area contributed by atoms with Gasteiger partial charge in [0.15, 0.2) is 0 Å². The molecule has 0 saturated carbocycles. The zero-order valence-electron chi connectivity index (χ0n) is 14.9. The Bertz CT molecular complexity index is 585. The Hall–Kier alpha value is -2.54. The lowest BCUT2D eigenvalue weighted by atomic mass is 10.2. The minimum atomic E-state index is -1.26. The number of hydrogen-bond acceptors (Lipinski definition) is 5. The molecule has 1 aromatic carbocycles. The lowest BCUT2D eigenvalue weighted by molar-refractivity contribution is -0.134. The van der Waals surface area contributed by atoms with Gasteiger partial charge in [0.2, 0.25) is 0 Å². The molecule has 2 N–H and O–H groups in total. The number of likely N-dealkylation sites (N-methyl/N-ethyl adjacent to an activating group) is 1. The van der Waals surface area contributed by atoms with E-state index >= 15 is 0 Å². The van der Waals surface area contributed by atoms with Gasteiger partial charge in [-0.15, -0.1) is 0 Å². The van der Waals surface area contributed by atoms with Crippen LogP contribution >= 0.6 is 0 Å². The number of hydrogen-bond donors (Lipinski definition) is 2. The Kier molecular flexibility index (Phi) is 8.49. The molecule has 7 nitrogen and oxygen atoms in total. The highest BCUT2D eigenvalue weighted by molar-refractivity contribution is 5.89. The topological polar surface area (TPSA) is 90.3 Å². The molecule has 1 atom stereocenters. The fourth-order valence-electron chi connectivity index (χ4n) is 2.72. The molecule has 0 radical (unpaired) electrons. The van der Waals surface area contributed by atoms with E-state index in [9.17, 15) is 9.59 Å². The maximum Gasteiger partial charge on any atom is 0.328 e. The normalized spacial score (nSPS) is 16.6. The van der Waals surface area contributed by atoms with E-state index in [-0.39, 0.29) is 0 Å². The molecule has 138 valence electrons. The molecule has 0 amide bonds. The molecular formula is C18H26N2O5. The standard InChI is InChI=1S/C14H22N2O.C4H4O4/c1-15(2)11-13-7-5-9-16(13)12-6-4-8-14(10-12)17-3;5-3(6)1-2-4(7)8/h4,6,8,10,13H,5,7,9,11H2,1-3H3;1-2H,(H,5,6)(H,7,8)/b;2-1+. The van der Waals surface area contributed by atoms with Crippen LogP contribution in [-0.2, 0) is 9.59 Å². The monoisotopic (exact) mass is 350 g/mol. The quantitative estimate of drug-likeness (QED) is 0.758. The number of aliphatic carboxylic acids is 2. The van der Waals surface area contributed by atoms with Gasteiger partial charge in [0, 0.05) is 43.0 Å². The Balaban J connectivity index is 0.000000333. The third-order valence-corrected chi connectivity index (χ3v) is 3.71. The SMILES string of the molecule is COc1cccc(N2CCCC2CN(C)C)c1.O=C(O)/C=C/C(=O)O. The molecule has 0 spiro atoms. The molecule has 0 bridgehead atoms. The summed E-state index contributed by atoms with van der Waals surface area (Å²) in [5.74, 6) is -1.57. The molecule has 0 aliphatic carbocycles. The number of carbonyl (C=O) groups is 2. The first-order valence-electron chi connectivity index (χ1n) is 8.03. The van der Waals surface area contributed by atoms with Gasteiger partial charge in [0.25, 0.3) is 0 Å². The average molecular weight is 350 g/mol. The number of carboxylic acids is 2. The Morgan fingerprint density at radius 1 is 1.28 bits per heavy atom. The minimum Gasteiger partial charge on any atom is -0.497 e. The summed E-state index contributed by atoms with van der Waals surface area (Å²) >= 11 is 0. The van der Waals surface area contributed by atoms with Gasteiger partial charge >= 0.3 is 11.9 Å². The first-order chi connectivity index (χ1) is 11.8. The van der Waals surface area contributed by atoms with Gasteiger partial charge < -0.3 is 24.7 Å². The molecule has 0 aromatic heterocycles. The van der Waals surface area contributed by atoms with Gasteiger partial charge in [-0.1, -0.05) is 6.07 Å². The van der Waals surface area contributed by atoms with Crippen LogP contribution in [0.3, 0.4) is 0 Å². The fourth-order valence-corrected chi connectivity index (χ4v) is 2.72. The number of rotatable bonds is 6. The molecule has 25 heavy (non-hydrogen) atoms. The Labute approximate surface area is 148 Å². The van der Waals surface area contributed by atoms with E-state index in [2.05, 4.69) is 42.1 Å². The number of methoxy groups -OCH3 is 1. The predicted octanol–water partition coefficient (Wildman–Crippen LogP) is 1.94. The van der Waals surface area contributed by atoms with Gasteiger partial charge in [0.1, 0.15) is 5.75 Å². The van der Waals surface area contributed by atoms with Crippen molar-refractivity contribution in [2.45, 2.75) is 18.9 Å². The highest BCUT2D eigenvalue weighted by Gasteiger charge is 2.25. The Morgan fingerprint density at radius 3 is 2.44 bits per heavy atom. The summed E-state index contributed by atoms with van der Waals surface area (Å²) in [5, 5.41) is 15.6. The van der Waals surface area contributed by atoms with Crippen LogP contribution in [0.5, 0.6) is 5.75 Å². The first kappa shape index (κ1) is 20.5. The van der Waals surface area contributed by atoms with Crippen molar-refractivity contribution in [2.75, 3.05) is 39.2 Å². The molecule has 7 heteroatoms. The summed E-state index contributed by atoms with van der Waals surface area (Å²) in [6, 6.07) is 9.02. The summed E-state index contributed by atoms with van der Waals surface area (Å²) in [6.45, 7) is 2.28. The number of nitrogens with zero attached hydrogens (tertiary/aromatic N) is 2. The third-order valence-electron chi connectivity index (χ3n) is 3.71. The van der Waals surface area contributed by atoms with Gasteiger partial charge in [0.05, 0.1) is 7.11 Å². The molecule has 1 saturated heterocycles. The number of anilines is 1. The first-order valence-corrected chi connectivity index (χ1v) is 8.03. The summed E-state index contributed by atoms with van der Waals surface area (Å²) in [7, 11) is 6.00. The summed E-state index contributed by atoms with van der Waals surface area (Å²) < 4.78 is 5.29. The van der Waals surface area contributed by atoms with Crippen LogP contribution in [0.2, 0.25) is 0 Å². The van der Waals surface area contributed by atoms with E-state index in [0.29, 0.717) is 18.2 Å². The maximum atomic E-state index is 9.55. The molecule has 1 heterocycles. The van der Waals surface area contributed by atoms with Crippen molar-refractivity contribution in [2.24, 2.45) is 0 Å². The summed E-state index contributed by atoms with van der Waals surface area (Å²) in [6.07, 6.45) is 3.69. The largest absolute Gasteiger partial charge is 0.497 e. The summed E-state index contributed by atoms with van der Waals surface area (Å²) in [5.41, 5.74) is 1.29. The molecular weight excluding hydrogens is 324 g/mol. The number of ether oxygens (including phenoxy) is 1. The van der Waals surface area contributed by atoms with Crippen molar-refractivity contribution < 1.29 is 24.5 Å². The van der Waals surface area contributed by atoms with Crippen LogP contribution in [0.15, 0.2) is 36.4 Å². The van der Waals surface area contributed by atoms with E-state index in [1.165, 1.54) is 18.5 Å². The molecule has 1 aromatic rings. The number of benzene rings is 1. The van der Waals surface area contributed by atoms with Crippen LogP contribution in [0.4, 0.5) is 5.69 Å². The van der Waals surface area contributed by atoms with E-state index in [1.54, 1.807) is 7.11 Å². The fraction of sp³-hybridized carbons (Fsp3) is 0.444. The molecule has 1 fully saturated rings. The van der Waals surface area contributed by atoms with Crippen LogP contribution in [0, 0.1) is 0 Å². The van der Waals surface area contributed by atoms with Gasteiger partial charge in [-0.3, -0.25) is 0 Å². The zero-order valence-corrected chi connectivity index (χ0v) is 14.9.